The second-order valence-electron chi connectivity index (χ2n) is 5.71. The molecule has 0 saturated heterocycles. The highest BCUT2D eigenvalue weighted by Gasteiger charge is 2.33. The van der Waals surface area contributed by atoms with Crippen molar-refractivity contribution < 1.29 is 22.9 Å². The first kappa shape index (κ1) is 19.2. The van der Waals surface area contributed by atoms with Crippen LogP contribution in [0.25, 0.3) is 0 Å². The van der Waals surface area contributed by atoms with E-state index < -0.39 is 34.3 Å². The lowest BCUT2D eigenvalue weighted by Gasteiger charge is -2.16. The van der Waals surface area contributed by atoms with Crippen LogP contribution in [0.5, 0.6) is 0 Å². The number of benzene rings is 2. The summed E-state index contributed by atoms with van der Waals surface area (Å²) < 4.78 is 38.2. The molecule has 0 aromatic heterocycles. The largest absolute Gasteiger partial charge is 0.416 e. The highest BCUT2D eigenvalue weighted by Crippen LogP contribution is 2.35. The minimum Gasteiger partial charge on any atom is -0.368 e. The molecule has 2 rings (SSSR count). The average Bonchev–Trinajstić information content (AvgIpc) is 2.56. The van der Waals surface area contributed by atoms with E-state index in [1.54, 1.807) is 24.3 Å². The zero-order chi connectivity index (χ0) is 19.5. The van der Waals surface area contributed by atoms with Crippen molar-refractivity contribution in [2.75, 3.05) is 10.6 Å². The Morgan fingerprint density at radius 3 is 2.31 bits per heavy atom. The SMILES string of the molecule is Cc1ccc(NC(=O)[C@H](C)Nc2ccc(C(F)(F)F)cc2[N+](=O)[O-])cc1. The van der Waals surface area contributed by atoms with Crippen LogP contribution < -0.4 is 10.6 Å². The number of aryl methyl sites for hydroxylation is 1. The van der Waals surface area contributed by atoms with E-state index in [0.717, 1.165) is 17.7 Å². The van der Waals surface area contributed by atoms with Crippen molar-refractivity contribution in [2.45, 2.75) is 26.1 Å². The number of nitrogens with one attached hydrogen (secondary N) is 2. The average molecular weight is 367 g/mol. The van der Waals surface area contributed by atoms with Crippen molar-refractivity contribution >= 4 is 23.0 Å². The van der Waals surface area contributed by atoms with Gasteiger partial charge < -0.3 is 10.6 Å². The van der Waals surface area contributed by atoms with Gasteiger partial charge in [-0.15, -0.1) is 0 Å². The van der Waals surface area contributed by atoms with Gasteiger partial charge in [0.05, 0.1) is 10.5 Å². The normalized spacial score (nSPS) is 12.3. The first-order chi connectivity index (χ1) is 12.1. The molecule has 0 aliphatic carbocycles. The number of rotatable bonds is 5. The maximum atomic E-state index is 12.7. The lowest BCUT2D eigenvalue weighted by Crippen LogP contribution is -2.32. The quantitative estimate of drug-likeness (QED) is 0.607. The van der Waals surface area contributed by atoms with Gasteiger partial charge in [-0.05, 0) is 38.1 Å². The highest BCUT2D eigenvalue weighted by atomic mass is 19.4. The maximum Gasteiger partial charge on any atom is 0.416 e. The summed E-state index contributed by atoms with van der Waals surface area (Å²) in [6.45, 7) is 3.34. The van der Waals surface area contributed by atoms with Gasteiger partial charge in [0.15, 0.2) is 0 Å². The molecule has 138 valence electrons. The Kier molecular flexibility index (Phi) is 5.49. The van der Waals surface area contributed by atoms with Crippen molar-refractivity contribution in [3.05, 3.63) is 63.7 Å². The summed E-state index contributed by atoms with van der Waals surface area (Å²) in [4.78, 5) is 22.3. The Morgan fingerprint density at radius 1 is 1.15 bits per heavy atom. The summed E-state index contributed by atoms with van der Waals surface area (Å²) in [6.07, 6.45) is -4.70. The van der Waals surface area contributed by atoms with E-state index in [0.29, 0.717) is 11.8 Å². The van der Waals surface area contributed by atoms with Crippen LogP contribution in [0.3, 0.4) is 0 Å². The van der Waals surface area contributed by atoms with Crippen LogP contribution in [0.1, 0.15) is 18.1 Å². The van der Waals surface area contributed by atoms with E-state index in [2.05, 4.69) is 10.6 Å². The van der Waals surface area contributed by atoms with Crippen molar-refractivity contribution in [2.24, 2.45) is 0 Å². The van der Waals surface area contributed by atoms with Gasteiger partial charge in [0.2, 0.25) is 5.91 Å². The Hall–Kier alpha value is -3.10. The van der Waals surface area contributed by atoms with Gasteiger partial charge in [0.25, 0.3) is 5.69 Å². The molecule has 0 aliphatic rings. The van der Waals surface area contributed by atoms with Crippen LogP contribution in [-0.2, 0) is 11.0 Å². The molecule has 2 N–H and O–H groups in total. The van der Waals surface area contributed by atoms with Gasteiger partial charge in [-0.2, -0.15) is 13.2 Å². The summed E-state index contributed by atoms with van der Waals surface area (Å²) in [7, 11) is 0. The van der Waals surface area contributed by atoms with Gasteiger partial charge in [-0.25, -0.2) is 0 Å². The van der Waals surface area contributed by atoms with E-state index in [1.807, 2.05) is 6.92 Å². The molecule has 0 heterocycles. The number of carbonyl (C=O) groups excluding carboxylic acids is 1. The summed E-state index contributed by atoms with van der Waals surface area (Å²) in [5, 5.41) is 16.3. The number of anilines is 2. The zero-order valence-electron chi connectivity index (χ0n) is 13.9. The third kappa shape index (κ3) is 4.71. The molecule has 0 fully saturated rings. The summed E-state index contributed by atoms with van der Waals surface area (Å²) in [6, 6.07) is 8.18. The van der Waals surface area contributed by atoms with E-state index in [1.165, 1.54) is 6.92 Å². The molecule has 0 saturated carbocycles. The monoisotopic (exact) mass is 367 g/mol. The number of alkyl halides is 3. The van der Waals surface area contributed by atoms with Gasteiger partial charge in [-0.1, -0.05) is 17.7 Å². The number of carbonyl (C=O) groups is 1. The highest BCUT2D eigenvalue weighted by molar-refractivity contribution is 5.96. The molecule has 0 aliphatic heterocycles. The number of nitrogens with zero attached hydrogens (tertiary/aromatic N) is 1. The molecular formula is C17H16F3N3O3. The van der Waals surface area contributed by atoms with Crippen molar-refractivity contribution in [3.63, 3.8) is 0 Å². The van der Waals surface area contributed by atoms with E-state index in [4.69, 9.17) is 0 Å². The van der Waals surface area contributed by atoms with Crippen LogP contribution in [-0.4, -0.2) is 16.9 Å². The Morgan fingerprint density at radius 2 is 1.77 bits per heavy atom. The number of amides is 1. The van der Waals surface area contributed by atoms with Crippen LogP contribution in [0.4, 0.5) is 30.2 Å². The molecular weight excluding hydrogens is 351 g/mol. The van der Waals surface area contributed by atoms with Crippen LogP contribution in [0, 0.1) is 17.0 Å². The van der Waals surface area contributed by atoms with Crippen LogP contribution >= 0.6 is 0 Å². The minimum absolute atomic E-state index is 0.172. The zero-order valence-corrected chi connectivity index (χ0v) is 13.9. The summed E-state index contributed by atoms with van der Waals surface area (Å²) in [5.74, 6) is -0.483. The van der Waals surface area contributed by atoms with E-state index in [-0.39, 0.29) is 5.69 Å². The molecule has 0 spiro atoms. The number of hydrogen-bond donors (Lipinski definition) is 2. The van der Waals surface area contributed by atoms with Gasteiger partial charge in [0.1, 0.15) is 11.7 Å². The second kappa shape index (κ2) is 7.42. The molecule has 26 heavy (non-hydrogen) atoms. The third-order valence-electron chi connectivity index (χ3n) is 3.61. The van der Waals surface area contributed by atoms with E-state index >= 15 is 0 Å². The Balaban J connectivity index is 2.17. The topological polar surface area (TPSA) is 84.3 Å². The molecule has 0 bridgehead atoms. The molecule has 1 atom stereocenters. The first-order valence-corrected chi connectivity index (χ1v) is 7.57. The van der Waals surface area contributed by atoms with Crippen LogP contribution in [0.15, 0.2) is 42.5 Å². The van der Waals surface area contributed by atoms with Gasteiger partial charge >= 0.3 is 6.18 Å². The Bertz CT molecular complexity index is 820. The number of nitro benzene ring substituents is 1. The van der Waals surface area contributed by atoms with Gasteiger partial charge in [-0.3, -0.25) is 14.9 Å². The summed E-state index contributed by atoms with van der Waals surface area (Å²) in [5.41, 5.74) is -0.512. The maximum absolute atomic E-state index is 12.7. The first-order valence-electron chi connectivity index (χ1n) is 7.57. The predicted molar refractivity (Wildman–Crippen MR) is 91.0 cm³/mol. The molecule has 0 radical (unpaired) electrons. The fraction of sp³-hybridized carbons (Fsp3) is 0.235. The van der Waals surface area contributed by atoms with Crippen LogP contribution in [0.2, 0.25) is 0 Å². The molecule has 2 aromatic carbocycles. The smallest absolute Gasteiger partial charge is 0.368 e. The fourth-order valence-electron chi connectivity index (χ4n) is 2.17. The molecule has 1 amide bonds. The predicted octanol–water partition coefficient (Wildman–Crippen LogP) is 4.36. The molecule has 2 aromatic rings. The number of halogens is 3. The van der Waals surface area contributed by atoms with Crippen molar-refractivity contribution in [3.8, 4) is 0 Å². The third-order valence-corrected chi connectivity index (χ3v) is 3.61. The number of hydrogen-bond acceptors (Lipinski definition) is 4. The Labute approximate surface area is 147 Å². The second-order valence-corrected chi connectivity index (χ2v) is 5.71. The lowest BCUT2D eigenvalue weighted by atomic mass is 10.1. The van der Waals surface area contributed by atoms with Crippen molar-refractivity contribution in [1.82, 2.24) is 0 Å². The van der Waals surface area contributed by atoms with E-state index in [9.17, 15) is 28.1 Å². The minimum atomic E-state index is -4.70. The number of nitro groups is 1. The molecule has 9 heteroatoms. The molecule has 6 nitrogen and oxygen atoms in total. The molecule has 0 unspecified atom stereocenters. The summed E-state index contributed by atoms with van der Waals surface area (Å²) >= 11 is 0. The fourth-order valence-corrected chi connectivity index (χ4v) is 2.17. The standard InChI is InChI=1S/C17H16F3N3O3/c1-10-3-6-13(7-4-10)22-16(24)11(2)21-14-8-5-12(17(18,19)20)9-15(14)23(25)26/h3-9,11,21H,1-2H3,(H,22,24)/t11-/m0/s1. The lowest BCUT2D eigenvalue weighted by molar-refractivity contribution is -0.384. The van der Waals surface area contributed by atoms with Crippen molar-refractivity contribution in [1.29, 1.82) is 0 Å². The van der Waals surface area contributed by atoms with Gasteiger partial charge in [0, 0.05) is 11.8 Å².